The first-order chi connectivity index (χ1) is 10.3. The van der Waals surface area contributed by atoms with Crippen molar-refractivity contribution in [3.8, 4) is 17.2 Å². The van der Waals surface area contributed by atoms with Crippen molar-refractivity contribution in [2.45, 2.75) is 31.8 Å². The van der Waals surface area contributed by atoms with E-state index >= 15 is 0 Å². The van der Waals surface area contributed by atoms with Crippen molar-refractivity contribution in [1.29, 1.82) is 0 Å². The summed E-state index contributed by atoms with van der Waals surface area (Å²) in [4.78, 5) is 0. The highest BCUT2D eigenvalue weighted by molar-refractivity contribution is 5.55. The molecule has 3 saturated carbocycles. The molecule has 0 spiro atoms. The number of fused-ring (bicyclic) bond motifs is 6. The summed E-state index contributed by atoms with van der Waals surface area (Å²) in [6.07, 6.45) is 4.45. The average molecular weight is 287 g/mol. The summed E-state index contributed by atoms with van der Waals surface area (Å²) < 4.78 is 16.3. The topological polar surface area (TPSA) is 39.7 Å². The van der Waals surface area contributed by atoms with Crippen LogP contribution in [0.4, 0.5) is 0 Å². The highest BCUT2D eigenvalue weighted by Gasteiger charge is 2.64. The van der Waals surface area contributed by atoms with E-state index in [1.54, 1.807) is 7.11 Å². The largest absolute Gasteiger partial charge is 0.493 e. The van der Waals surface area contributed by atoms with Crippen molar-refractivity contribution >= 4 is 0 Å². The molecule has 4 heteroatoms. The second-order valence-corrected chi connectivity index (χ2v) is 6.93. The molecule has 0 amide bonds. The van der Waals surface area contributed by atoms with Gasteiger partial charge in [0.25, 0.3) is 0 Å². The third-order valence-corrected chi connectivity index (χ3v) is 6.00. The van der Waals surface area contributed by atoms with E-state index in [4.69, 9.17) is 14.2 Å². The van der Waals surface area contributed by atoms with E-state index in [1.165, 1.54) is 24.8 Å². The van der Waals surface area contributed by atoms with Crippen molar-refractivity contribution < 1.29 is 14.2 Å². The van der Waals surface area contributed by atoms with Gasteiger partial charge in [0.2, 0.25) is 12.5 Å². The molecule has 0 saturated heterocycles. The second-order valence-electron chi connectivity index (χ2n) is 6.93. The molecule has 1 aliphatic heterocycles. The maximum Gasteiger partial charge on any atom is 0.231 e. The van der Waals surface area contributed by atoms with Crippen molar-refractivity contribution in [3.63, 3.8) is 0 Å². The third kappa shape index (κ3) is 1.71. The van der Waals surface area contributed by atoms with Gasteiger partial charge in [-0.15, -0.1) is 0 Å². The molecule has 5 rings (SSSR count). The molecule has 0 aromatic heterocycles. The van der Waals surface area contributed by atoms with E-state index in [0.29, 0.717) is 6.79 Å². The lowest BCUT2D eigenvalue weighted by Crippen LogP contribution is -2.22. The average Bonchev–Trinajstić information content (AvgIpc) is 2.93. The fourth-order valence-corrected chi connectivity index (χ4v) is 5.12. The molecule has 1 heterocycles. The molecule has 2 bridgehead atoms. The summed E-state index contributed by atoms with van der Waals surface area (Å²) in [6.45, 7) is 1.18. The third-order valence-electron chi connectivity index (χ3n) is 6.00. The Morgan fingerprint density at radius 2 is 2.00 bits per heavy atom. The fraction of sp³-hybridized carbons (Fsp3) is 0.647. The monoisotopic (exact) mass is 287 g/mol. The molecule has 4 unspecified atom stereocenters. The highest BCUT2D eigenvalue weighted by atomic mass is 16.7. The van der Waals surface area contributed by atoms with E-state index in [0.717, 1.165) is 53.5 Å². The minimum absolute atomic E-state index is 0.290. The second kappa shape index (κ2) is 4.29. The lowest BCUT2D eigenvalue weighted by Gasteiger charge is -2.12. The number of hydrogen-bond acceptors (Lipinski definition) is 4. The summed E-state index contributed by atoms with van der Waals surface area (Å²) in [7, 11) is 1.68. The molecule has 0 radical (unpaired) electrons. The Balaban J connectivity index is 1.30. The van der Waals surface area contributed by atoms with Crippen LogP contribution < -0.4 is 19.5 Å². The minimum Gasteiger partial charge on any atom is -0.493 e. The van der Waals surface area contributed by atoms with E-state index in [9.17, 15) is 0 Å². The van der Waals surface area contributed by atoms with Crippen molar-refractivity contribution in [3.05, 3.63) is 17.7 Å². The van der Waals surface area contributed by atoms with Crippen LogP contribution in [0.1, 0.15) is 24.8 Å². The van der Waals surface area contributed by atoms with Gasteiger partial charge in [-0.1, -0.05) is 0 Å². The van der Waals surface area contributed by atoms with Gasteiger partial charge in [0.05, 0.1) is 7.11 Å². The predicted molar refractivity (Wildman–Crippen MR) is 77.6 cm³/mol. The fourth-order valence-electron chi connectivity index (χ4n) is 5.12. The Kier molecular flexibility index (Phi) is 2.48. The van der Waals surface area contributed by atoms with Crippen LogP contribution in [0.15, 0.2) is 12.1 Å². The van der Waals surface area contributed by atoms with E-state index in [1.807, 2.05) is 0 Å². The first-order valence-corrected chi connectivity index (χ1v) is 8.05. The van der Waals surface area contributed by atoms with Gasteiger partial charge in [-0.25, -0.2) is 0 Å². The van der Waals surface area contributed by atoms with Gasteiger partial charge in [-0.05, 0) is 60.6 Å². The molecule has 1 N–H and O–H groups in total. The summed E-state index contributed by atoms with van der Waals surface area (Å²) >= 11 is 0. The summed E-state index contributed by atoms with van der Waals surface area (Å²) in [5.74, 6) is 6.30. The number of hydrogen-bond donors (Lipinski definition) is 1. The Labute approximate surface area is 124 Å². The molecule has 4 nitrogen and oxygen atoms in total. The van der Waals surface area contributed by atoms with E-state index < -0.39 is 0 Å². The van der Waals surface area contributed by atoms with Crippen LogP contribution in [-0.4, -0.2) is 19.9 Å². The van der Waals surface area contributed by atoms with Crippen molar-refractivity contribution in [1.82, 2.24) is 5.32 Å². The highest BCUT2D eigenvalue weighted by Crippen LogP contribution is 2.65. The van der Waals surface area contributed by atoms with Crippen molar-refractivity contribution in [2.75, 3.05) is 13.9 Å². The number of ether oxygens (including phenoxy) is 3. The quantitative estimate of drug-likeness (QED) is 0.924. The molecule has 112 valence electrons. The van der Waals surface area contributed by atoms with Gasteiger partial charge < -0.3 is 19.5 Å². The number of methoxy groups -OCH3 is 1. The molecular weight excluding hydrogens is 266 g/mol. The molecule has 21 heavy (non-hydrogen) atoms. The van der Waals surface area contributed by atoms with Crippen LogP contribution >= 0.6 is 0 Å². The molecule has 3 aliphatic carbocycles. The van der Waals surface area contributed by atoms with Gasteiger partial charge in [-0.3, -0.25) is 0 Å². The number of benzene rings is 1. The van der Waals surface area contributed by atoms with E-state index in [-0.39, 0.29) is 0 Å². The SMILES string of the molecule is COc1cc(CNC2C3C4CCC(C4)C23)cc2c1OCO2. The molecule has 1 aromatic carbocycles. The lowest BCUT2D eigenvalue weighted by molar-refractivity contribution is 0.171. The van der Waals surface area contributed by atoms with Crippen LogP contribution in [0.5, 0.6) is 17.2 Å². The van der Waals surface area contributed by atoms with Crippen LogP contribution in [-0.2, 0) is 6.54 Å². The maximum absolute atomic E-state index is 5.49. The molecule has 3 fully saturated rings. The Morgan fingerprint density at radius 1 is 1.19 bits per heavy atom. The van der Waals surface area contributed by atoms with Gasteiger partial charge in [-0.2, -0.15) is 0 Å². The Morgan fingerprint density at radius 3 is 2.76 bits per heavy atom. The summed E-state index contributed by atoms with van der Waals surface area (Å²) in [5, 5.41) is 3.77. The van der Waals surface area contributed by atoms with Crippen LogP contribution in [0.2, 0.25) is 0 Å². The normalized spacial score (nSPS) is 37.7. The van der Waals surface area contributed by atoms with Crippen LogP contribution in [0, 0.1) is 23.7 Å². The lowest BCUT2D eigenvalue weighted by atomic mass is 10.0. The summed E-state index contributed by atoms with van der Waals surface area (Å²) in [6, 6.07) is 4.89. The minimum atomic E-state index is 0.290. The van der Waals surface area contributed by atoms with Crippen LogP contribution in [0.3, 0.4) is 0 Å². The van der Waals surface area contributed by atoms with Gasteiger partial charge in [0, 0.05) is 12.6 Å². The Bertz CT molecular complexity index is 572. The molecular formula is C17H21NO3. The van der Waals surface area contributed by atoms with Gasteiger partial charge >= 0.3 is 0 Å². The van der Waals surface area contributed by atoms with Crippen molar-refractivity contribution in [2.24, 2.45) is 23.7 Å². The zero-order valence-electron chi connectivity index (χ0n) is 12.3. The number of nitrogens with one attached hydrogen (secondary N) is 1. The van der Waals surface area contributed by atoms with Crippen LogP contribution in [0.25, 0.3) is 0 Å². The van der Waals surface area contributed by atoms with Gasteiger partial charge in [0.15, 0.2) is 11.5 Å². The standard InChI is InChI=1S/C17H21NO3/c1-19-12-4-9(5-13-17(12)21-8-20-13)7-18-16-14-10-2-3-11(6-10)15(14)16/h4-5,10-11,14-16,18H,2-3,6-8H2,1H3. The number of rotatable bonds is 4. The maximum atomic E-state index is 5.49. The smallest absolute Gasteiger partial charge is 0.231 e. The van der Waals surface area contributed by atoms with E-state index in [2.05, 4.69) is 17.4 Å². The Hall–Kier alpha value is -1.42. The zero-order chi connectivity index (χ0) is 14.0. The molecule has 4 atom stereocenters. The first-order valence-electron chi connectivity index (χ1n) is 8.05. The van der Waals surface area contributed by atoms with Gasteiger partial charge in [0.1, 0.15) is 0 Å². The molecule has 4 aliphatic rings. The zero-order valence-corrected chi connectivity index (χ0v) is 12.3. The first kappa shape index (κ1) is 12.2. The predicted octanol–water partition coefficient (Wildman–Crippen LogP) is 2.56. The summed E-state index contributed by atoms with van der Waals surface area (Å²) in [5.41, 5.74) is 1.22. The molecule has 1 aromatic rings.